The Bertz CT molecular complexity index is 2070. The Morgan fingerprint density at radius 2 is 1.73 bits per heavy atom. The third-order valence-electron chi connectivity index (χ3n) is 11.3. The third-order valence-corrected chi connectivity index (χ3v) is 11.3. The first-order chi connectivity index (χ1) is 26.4. The highest BCUT2D eigenvalue weighted by Gasteiger charge is 2.47. The summed E-state index contributed by atoms with van der Waals surface area (Å²) in [6.07, 6.45) is 9.41. The van der Waals surface area contributed by atoms with Crippen LogP contribution in [0.4, 0.5) is 11.4 Å². The SMILES string of the molecule is CCC1c2c(cnn2C2CN(C(O)(O)c3cccc(C(=O)N4CCCC4)n3)C2)-c2cccc(NC(/C=C(\N)NC(=O)C3CC3)=C(/N)C(=O)NC3CC3)c2N1C. The monoisotopic (exact) mass is 751 g/mol. The fourth-order valence-electron chi connectivity index (χ4n) is 7.82. The number of nitrogens with zero attached hydrogens (tertiary/aromatic N) is 6. The van der Waals surface area contributed by atoms with Gasteiger partial charge in [-0.3, -0.25) is 19.1 Å². The van der Waals surface area contributed by atoms with Gasteiger partial charge in [0.25, 0.3) is 17.7 Å². The Morgan fingerprint density at radius 3 is 2.42 bits per heavy atom. The number of hydrogen-bond acceptors (Lipinski definition) is 12. The zero-order chi connectivity index (χ0) is 38.6. The van der Waals surface area contributed by atoms with Crippen molar-refractivity contribution >= 4 is 29.1 Å². The highest BCUT2D eigenvalue weighted by molar-refractivity contribution is 5.97. The molecule has 2 saturated carbocycles. The highest BCUT2D eigenvalue weighted by atomic mass is 16.5. The van der Waals surface area contributed by atoms with Crippen LogP contribution >= 0.6 is 0 Å². The normalized spacial score (nSPS) is 20.7. The van der Waals surface area contributed by atoms with E-state index in [1.54, 1.807) is 17.0 Å². The number of nitrogens with one attached hydrogen (secondary N) is 3. The van der Waals surface area contributed by atoms with E-state index in [1.807, 2.05) is 36.1 Å². The second-order valence-corrected chi connectivity index (χ2v) is 15.3. The Balaban J connectivity index is 1.05. The number of carbonyl (C=O) groups excluding carboxylic acids is 3. The smallest absolute Gasteiger partial charge is 0.272 e. The standard InChI is InChI=1S/C39H49N11O5/c1-3-30-35-26(19-42-50(35)24-20-49(21-24)39(54,55)31-11-7-10-28(45-31)38(53)48-16-4-5-17-48)25-8-6-9-27(34(25)47(30)2)44-29(33(41)37(52)43-23-14-15-23)18-32(40)46-36(51)22-12-13-22/h6-11,18-19,22-24,30,44,54-55H,3-5,12-17,20-21,40-41H2,1-2H3,(H,43,52)(H,46,51)/b32-18+,33-29+. The van der Waals surface area contributed by atoms with Crippen molar-refractivity contribution in [3.05, 3.63) is 83.0 Å². The van der Waals surface area contributed by atoms with Crippen LogP contribution in [-0.4, -0.2) is 91.8 Å². The molecule has 0 spiro atoms. The van der Waals surface area contributed by atoms with Crippen molar-refractivity contribution in [2.75, 3.05) is 43.4 Å². The lowest BCUT2D eigenvalue weighted by Gasteiger charge is -2.47. The number of fused-ring (bicyclic) bond motifs is 3. The average Bonchev–Trinajstić information content (AvgIpc) is 4.07. The number of likely N-dealkylation sites (tertiary alicyclic amines) is 2. The van der Waals surface area contributed by atoms with Crippen LogP contribution in [0.25, 0.3) is 11.1 Å². The number of rotatable bonds is 12. The first-order valence-electron chi connectivity index (χ1n) is 19.2. The quantitative estimate of drug-likeness (QED) is 0.0802. The molecule has 0 radical (unpaired) electrons. The molecule has 3 aliphatic heterocycles. The molecule has 1 unspecified atom stereocenters. The number of anilines is 2. The van der Waals surface area contributed by atoms with Gasteiger partial charge in [0.15, 0.2) is 0 Å². The first-order valence-corrected chi connectivity index (χ1v) is 19.2. The van der Waals surface area contributed by atoms with Crippen LogP contribution in [-0.2, 0) is 15.5 Å². The lowest BCUT2D eigenvalue weighted by Crippen LogP contribution is -2.59. The van der Waals surface area contributed by atoms with E-state index >= 15 is 0 Å². The topological polar surface area (TPSA) is 220 Å². The van der Waals surface area contributed by atoms with Crippen LogP contribution in [0.15, 0.2) is 65.9 Å². The minimum atomic E-state index is -2.37. The van der Waals surface area contributed by atoms with E-state index in [1.165, 1.54) is 17.0 Å². The van der Waals surface area contributed by atoms with E-state index in [9.17, 15) is 24.6 Å². The molecule has 16 nitrogen and oxygen atoms in total. The lowest BCUT2D eigenvalue weighted by atomic mass is 9.91. The molecule has 8 rings (SSSR count). The Morgan fingerprint density at radius 1 is 1.00 bits per heavy atom. The van der Waals surface area contributed by atoms with Gasteiger partial charge in [-0.25, -0.2) is 9.88 Å². The van der Waals surface area contributed by atoms with Crippen molar-refractivity contribution in [2.45, 2.75) is 75.9 Å². The number of amides is 3. The van der Waals surface area contributed by atoms with Gasteiger partial charge in [0.05, 0.1) is 41.0 Å². The van der Waals surface area contributed by atoms with Crippen LogP contribution in [0.3, 0.4) is 0 Å². The maximum absolute atomic E-state index is 13.2. The molecule has 2 aromatic heterocycles. The molecule has 2 aliphatic carbocycles. The number of nitrogens with two attached hydrogens (primary N) is 2. The van der Waals surface area contributed by atoms with Gasteiger partial charge >= 0.3 is 0 Å². The summed E-state index contributed by atoms with van der Waals surface area (Å²) in [6, 6.07) is 10.4. The van der Waals surface area contributed by atoms with Crippen molar-refractivity contribution in [3.8, 4) is 11.1 Å². The second kappa shape index (κ2) is 14.3. The van der Waals surface area contributed by atoms with E-state index in [0.29, 0.717) is 31.9 Å². The number of para-hydroxylation sites is 1. The van der Waals surface area contributed by atoms with Crippen molar-refractivity contribution in [3.63, 3.8) is 0 Å². The predicted octanol–water partition coefficient (Wildman–Crippen LogP) is 1.92. The number of pyridine rings is 1. The summed E-state index contributed by atoms with van der Waals surface area (Å²) in [5.41, 5.74) is 17.6. The highest BCUT2D eigenvalue weighted by Crippen LogP contribution is 2.50. The van der Waals surface area contributed by atoms with Crippen LogP contribution in [0, 0.1) is 5.92 Å². The summed E-state index contributed by atoms with van der Waals surface area (Å²) in [5, 5.41) is 36.5. The second-order valence-electron chi connectivity index (χ2n) is 15.3. The molecule has 3 aromatic rings. The Labute approximate surface area is 319 Å². The molecule has 5 heterocycles. The van der Waals surface area contributed by atoms with Gasteiger partial charge in [0.2, 0.25) is 5.91 Å². The van der Waals surface area contributed by atoms with E-state index in [2.05, 4.69) is 32.8 Å². The van der Waals surface area contributed by atoms with Gasteiger partial charge in [0.1, 0.15) is 22.9 Å². The van der Waals surface area contributed by atoms with Crippen LogP contribution in [0.2, 0.25) is 0 Å². The maximum atomic E-state index is 13.2. The Kier molecular flexibility index (Phi) is 9.51. The maximum Gasteiger partial charge on any atom is 0.272 e. The van der Waals surface area contributed by atoms with E-state index in [4.69, 9.17) is 16.6 Å². The van der Waals surface area contributed by atoms with Crippen molar-refractivity contribution in [2.24, 2.45) is 17.4 Å². The molecular formula is C39H49N11O5. The minimum Gasteiger partial charge on any atom is -0.393 e. The molecule has 3 amide bonds. The molecule has 0 bridgehead atoms. The van der Waals surface area contributed by atoms with E-state index < -0.39 is 11.8 Å². The van der Waals surface area contributed by atoms with Crippen molar-refractivity contribution in [1.82, 2.24) is 35.2 Å². The summed E-state index contributed by atoms with van der Waals surface area (Å²) in [4.78, 5) is 48.4. The number of aliphatic hydroxyl groups is 2. The fourth-order valence-corrected chi connectivity index (χ4v) is 7.82. The minimum absolute atomic E-state index is 0.000382. The van der Waals surface area contributed by atoms with E-state index in [-0.39, 0.29) is 64.5 Å². The summed E-state index contributed by atoms with van der Waals surface area (Å²) < 4.78 is 1.98. The molecule has 16 heteroatoms. The molecule has 290 valence electrons. The van der Waals surface area contributed by atoms with Crippen LogP contribution < -0.4 is 32.3 Å². The van der Waals surface area contributed by atoms with E-state index in [0.717, 1.165) is 67.5 Å². The number of aromatic nitrogens is 3. The predicted molar refractivity (Wildman–Crippen MR) is 204 cm³/mol. The molecule has 5 aliphatic rings. The van der Waals surface area contributed by atoms with Gasteiger partial charge < -0.3 is 47.4 Å². The summed E-state index contributed by atoms with van der Waals surface area (Å²) in [5.74, 6) is -3.13. The zero-order valence-electron chi connectivity index (χ0n) is 31.2. The summed E-state index contributed by atoms with van der Waals surface area (Å²) >= 11 is 0. The number of benzene rings is 1. The number of carbonyl (C=O) groups is 3. The largest absolute Gasteiger partial charge is 0.393 e. The molecular weight excluding hydrogens is 703 g/mol. The lowest BCUT2D eigenvalue weighted by molar-refractivity contribution is -0.302. The van der Waals surface area contributed by atoms with Crippen molar-refractivity contribution < 1.29 is 24.6 Å². The van der Waals surface area contributed by atoms with Crippen LogP contribution in [0.1, 0.15) is 85.8 Å². The van der Waals surface area contributed by atoms with Gasteiger partial charge in [-0.2, -0.15) is 5.10 Å². The van der Waals surface area contributed by atoms with Crippen molar-refractivity contribution in [1.29, 1.82) is 0 Å². The van der Waals surface area contributed by atoms with Gasteiger partial charge in [-0.1, -0.05) is 25.1 Å². The molecule has 9 N–H and O–H groups in total. The first kappa shape index (κ1) is 36.5. The Hall–Kier alpha value is -5.45. The van der Waals surface area contributed by atoms with Gasteiger partial charge in [-0.05, 0) is 63.1 Å². The van der Waals surface area contributed by atoms with Gasteiger partial charge in [0, 0.05) is 62.4 Å². The summed E-state index contributed by atoms with van der Waals surface area (Å²) in [7, 11) is 2.01. The third kappa shape index (κ3) is 7.00. The fraction of sp³-hybridized carbons (Fsp3) is 0.462. The van der Waals surface area contributed by atoms with Gasteiger partial charge in [-0.15, -0.1) is 0 Å². The number of allylic oxidation sites excluding steroid dienone is 1. The molecule has 1 aromatic carbocycles. The molecule has 1 atom stereocenters. The average molecular weight is 752 g/mol. The zero-order valence-corrected chi connectivity index (χ0v) is 31.2. The molecule has 4 fully saturated rings. The molecule has 2 saturated heterocycles. The summed E-state index contributed by atoms with van der Waals surface area (Å²) in [6.45, 7) is 4.03. The molecule has 55 heavy (non-hydrogen) atoms. The van der Waals surface area contributed by atoms with Crippen LogP contribution in [0.5, 0.6) is 0 Å². The number of hydrogen-bond donors (Lipinski definition) is 7.